The number of thioether (sulfide) groups is 1. The molecule has 0 spiro atoms. The number of carbonyl (C=O) groups excluding carboxylic acids is 1. The summed E-state index contributed by atoms with van der Waals surface area (Å²) in [5, 5.41) is 4.09. The van der Waals surface area contributed by atoms with Gasteiger partial charge in [-0.15, -0.1) is 0 Å². The highest BCUT2D eigenvalue weighted by Gasteiger charge is 2.24. The van der Waals surface area contributed by atoms with Gasteiger partial charge in [-0.25, -0.2) is 4.99 Å². The van der Waals surface area contributed by atoms with Gasteiger partial charge in [-0.1, -0.05) is 41.9 Å². The molecule has 0 saturated carbocycles. The van der Waals surface area contributed by atoms with Crippen LogP contribution in [-0.4, -0.2) is 18.2 Å². The Bertz CT molecular complexity index is 1250. The van der Waals surface area contributed by atoms with Gasteiger partial charge in [0, 0.05) is 5.02 Å². The van der Waals surface area contributed by atoms with E-state index in [9.17, 15) is 4.79 Å². The van der Waals surface area contributed by atoms with Crippen LogP contribution < -0.4 is 14.8 Å². The lowest BCUT2D eigenvalue weighted by molar-refractivity contribution is -0.115. The van der Waals surface area contributed by atoms with Gasteiger partial charge < -0.3 is 14.8 Å². The molecule has 1 aliphatic rings. The standard InChI is InChI=1S/C26H23ClN2O3S/c1-16-5-4-6-21(17(16)2)28-26-29-25(30)24(33-26)14-19-9-12-22(23(13-19)31-3)32-15-18-7-10-20(27)11-8-18/h4-14H,15H2,1-3H3,(H,28,29,30)/b24-14-. The summed E-state index contributed by atoms with van der Waals surface area (Å²) in [6.45, 7) is 4.46. The van der Waals surface area contributed by atoms with Crippen LogP contribution in [0.2, 0.25) is 5.02 Å². The normalized spacial score (nSPS) is 15.7. The van der Waals surface area contributed by atoms with E-state index in [4.69, 9.17) is 21.1 Å². The van der Waals surface area contributed by atoms with E-state index in [-0.39, 0.29) is 5.91 Å². The maximum absolute atomic E-state index is 12.5. The molecule has 0 aromatic heterocycles. The minimum atomic E-state index is -0.175. The molecule has 4 rings (SSSR count). The molecule has 168 valence electrons. The van der Waals surface area contributed by atoms with Crippen molar-refractivity contribution in [2.24, 2.45) is 4.99 Å². The van der Waals surface area contributed by atoms with Crippen LogP contribution in [-0.2, 0) is 11.4 Å². The highest BCUT2D eigenvalue weighted by Crippen LogP contribution is 2.33. The van der Waals surface area contributed by atoms with Crippen LogP contribution >= 0.6 is 23.4 Å². The van der Waals surface area contributed by atoms with E-state index in [0.717, 1.165) is 27.9 Å². The lowest BCUT2D eigenvalue weighted by Gasteiger charge is -2.11. The van der Waals surface area contributed by atoms with Gasteiger partial charge in [0.15, 0.2) is 16.7 Å². The number of ether oxygens (including phenoxy) is 2. The summed E-state index contributed by atoms with van der Waals surface area (Å²) in [5.74, 6) is 1.03. The number of rotatable bonds is 6. The first kappa shape index (κ1) is 23.0. The first-order chi connectivity index (χ1) is 15.9. The number of methoxy groups -OCH3 is 1. The molecule has 0 radical (unpaired) electrons. The van der Waals surface area contributed by atoms with Crippen LogP contribution in [0.5, 0.6) is 11.5 Å². The Morgan fingerprint density at radius 1 is 1.06 bits per heavy atom. The van der Waals surface area contributed by atoms with Crippen molar-refractivity contribution in [3.05, 3.63) is 92.8 Å². The molecule has 0 bridgehead atoms. The second-order valence-electron chi connectivity index (χ2n) is 7.53. The van der Waals surface area contributed by atoms with E-state index in [2.05, 4.69) is 10.3 Å². The molecular formula is C26H23ClN2O3S. The maximum Gasteiger partial charge on any atom is 0.264 e. The topological polar surface area (TPSA) is 59.9 Å². The van der Waals surface area contributed by atoms with Crippen LogP contribution in [0.15, 0.2) is 70.6 Å². The number of hydrogen-bond acceptors (Lipinski definition) is 5. The molecule has 7 heteroatoms. The maximum atomic E-state index is 12.5. The van der Waals surface area contributed by atoms with Crippen molar-refractivity contribution in [1.29, 1.82) is 0 Å². The van der Waals surface area contributed by atoms with Crippen LogP contribution in [0.25, 0.3) is 6.08 Å². The molecule has 1 amide bonds. The number of amidine groups is 1. The largest absolute Gasteiger partial charge is 0.493 e. The van der Waals surface area contributed by atoms with Gasteiger partial charge in [0.2, 0.25) is 0 Å². The third-order valence-corrected chi connectivity index (χ3v) is 6.40. The predicted octanol–water partition coefficient (Wildman–Crippen LogP) is 6.44. The summed E-state index contributed by atoms with van der Waals surface area (Å²) in [6, 6.07) is 19.0. The van der Waals surface area contributed by atoms with Crippen molar-refractivity contribution in [1.82, 2.24) is 5.32 Å². The molecule has 0 atom stereocenters. The summed E-state index contributed by atoms with van der Waals surface area (Å²) in [4.78, 5) is 17.7. The molecular weight excluding hydrogens is 456 g/mol. The summed E-state index contributed by atoms with van der Waals surface area (Å²) in [7, 11) is 1.59. The number of benzene rings is 3. The Balaban J connectivity index is 1.50. The molecule has 1 N–H and O–H groups in total. The minimum absolute atomic E-state index is 0.175. The van der Waals surface area contributed by atoms with Crippen LogP contribution in [0.3, 0.4) is 0 Å². The quantitative estimate of drug-likeness (QED) is 0.414. The Labute approximate surface area is 202 Å². The molecule has 1 heterocycles. The fourth-order valence-electron chi connectivity index (χ4n) is 3.23. The zero-order valence-corrected chi connectivity index (χ0v) is 20.1. The van der Waals surface area contributed by atoms with Gasteiger partial charge in [-0.05, 0) is 84.3 Å². The number of nitrogens with one attached hydrogen (secondary N) is 1. The summed E-state index contributed by atoms with van der Waals surface area (Å²) >= 11 is 7.25. The Morgan fingerprint density at radius 3 is 2.61 bits per heavy atom. The number of carbonyl (C=O) groups is 1. The summed E-state index contributed by atoms with van der Waals surface area (Å²) < 4.78 is 11.4. The van der Waals surface area contributed by atoms with Crippen LogP contribution in [0.1, 0.15) is 22.3 Å². The number of nitrogens with zero attached hydrogens (tertiary/aromatic N) is 1. The Hall–Kier alpha value is -3.22. The SMILES string of the molecule is COc1cc(/C=C2\SC(=Nc3cccc(C)c3C)NC2=O)ccc1OCc1ccc(Cl)cc1. The van der Waals surface area contributed by atoms with Gasteiger partial charge in [-0.2, -0.15) is 0 Å². The summed E-state index contributed by atoms with van der Waals surface area (Å²) in [5.41, 5.74) is 4.94. The summed E-state index contributed by atoms with van der Waals surface area (Å²) in [6.07, 6.45) is 1.82. The van der Waals surface area contributed by atoms with Crippen molar-refractivity contribution >= 4 is 46.2 Å². The number of hydrogen-bond donors (Lipinski definition) is 1. The van der Waals surface area contributed by atoms with Crippen LogP contribution in [0.4, 0.5) is 5.69 Å². The van der Waals surface area contributed by atoms with Crippen molar-refractivity contribution in [2.75, 3.05) is 7.11 Å². The Kier molecular flexibility index (Phi) is 7.06. The number of amides is 1. The number of aryl methyl sites for hydroxylation is 1. The molecule has 5 nitrogen and oxygen atoms in total. The fourth-order valence-corrected chi connectivity index (χ4v) is 4.19. The second-order valence-corrected chi connectivity index (χ2v) is 8.99. The molecule has 0 unspecified atom stereocenters. The average molecular weight is 479 g/mol. The zero-order chi connectivity index (χ0) is 23.4. The van der Waals surface area contributed by atoms with Crippen LogP contribution in [0, 0.1) is 13.8 Å². The predicted molar refractivity (Wildman–Crippen MR) is 135 cm³/mol. The molecule has 3 aromatic rings. The molecule has 1 saturated heterocycles. The number of halogens is 1. The average Bonchev–Trinajstić information content (AvgIpc) is 3.15. The van der Waals surface area contributed by atoms with Gasteiger partial charge in [-0.3, -0.25) is 4.79 Å². The number of aliphatic imine (C=N–C) groups is 1. The van der Waals surface area contributed by atoms with Gasteiger partial charge in [0.25, 0.3) is 5.91 Å². The monoisotopic (exact) mass is 478 g/mol. The van der Waals surface area contributed by atoms with E-state index >= 15 is 0 Å². The zero-order valence-electron chi connectivity index (χ0n) is 18.5. The van der Waals surface area contributed by atoms with E-state index in [1.54, 1.807) is 7.11 Å². The van der Waals surface area contributed by atoms with Crippen molar-refractivity contribution < 1.29 is 14.3 Å². The second kappa shape index (κ2) is 10.1. The Morgan fingerprint density at radius 2 is 1.85 bits per heavy atom. The van der Waals surface area contributed by atoms with Gasteiger partial charge in [0.05, 0.1) is 17.7 Å². The molecule has 3 aromatic carbocycles. The highest BCUT2D eigenvalue weighted by atomic mass is 35.5. The van der Waals surface area contributed by atoms with E-state index in [1.165, 1.54) is 11.8 Å². The van der Waals surface area contributed by atoms with E-state index in [0.29, 0.717) is 33.2 Å². The van der Waals surface area contributed by atoms with Gasteiger partial charge >= 0.3 is 0 Å². The van der Waals surface area contributed by atoms with Crippen molar-refractivity contribution in [3.8, 4) is 11.5 Å². The lowest BCUT2D eigenvalue weighted by Crippen LogP contribution is -2.19. The lowest BCUT2D eigenvalue weighted by atomic mass is 10.1. The molecule has 1 aliphatic heterocycles. The molecule has 33 heavy (non-hydrogen) atoms. The fraction of sp³-hybridized carbons (Fsp3) is 0.154. The minimum Gasteiger partial charge on any atom is -0.493 e. The van der Waals surface area contributed by atoms with E-state index in [1.807, 2.05) is 80.6 Å². The van der Waals surface area contributed by atoms with Crippen molar-refractivity contribution in [2.45, 2.75) is 20.5 Å². The molecule has 1 fully saturated rings. The smallest absolute Gasteiger partial charge is 0.264 e. The third-order valence-electron chi connectivity index (χ3n) is 5.24. The first-order valence-electron chi connectivity index (χ1n) is 10.3. The highest BCUT2D eigenvalue weighted by molar-refractivity contribution is 8.18. The molecule has 0 aliphatic carbocycles. The third kappa shape index (κ3) is 5.59. The van der Waals surface area contributed by atoms with Crippen molar-refractivity contribution in [3.63, 3.8) is 0 Å². The van der Waals surface area contributed by atoms with Gasteiger partial charge in [0.1, 0.15) is 6.61 Å². The first-order valence-corrected chi connectivity index (χ1v) is 11.5. The van der Waals surface area contributed by atoms with E-state index < -0.39 is 0 Å².